The van der Waals surface area contributed by atoms with Crippen LogP contribution < -0.4 is 14.5 Å². The van der Waals surface area contributed by atoms with Crippen molar-refractivity contribution in [1.29, 1.82) is 0 Å². The fourth-order valence-electron chi connectivity index (χ4n) is 9.29. The fraction of sp³-hybridized carbons (Fsp3) is 0.290. The van der Waals surface area contributed by atoms with E-state index in [9.17, 15) is 0 Å². The summed E-state index contributed by atoms with van der Waals surface area (Å²) in [6, 6.07) is 57.7. The summed E-state index contributed by atoms with van der Waals surface area (Å²) in [5.41, 5.74) is 11.8. The van der Waals surface area contributed by atoms with Crippen molar-refractivity contribution in [2.24, 2.45) is 5.41 Å². The summed E-state index contributed by atoms with van der Waals surface area (Å²) in [7, 11) is 0. The van der Waals surface area contributed by atoms with Crippen molar-refractivity contribution in [2.45, 2.75) is 112 Å². The van der Waals surface area contributed by atoms with Gasteiger partial charge < -0.3 is 19.1 Å². The molecule has 0 radical (unpaired) electrons. The summed E-state index contributed by atoms with van der Waals surface area (Å²) in [6.45, 7) is 31.7. The van der Waals surface area contributed by atoms with Crippen LogP contribution in [0.5, 0.6) is 11.5 Å². The molecule has 8 aromatic rings. The Hall–Kier alpha value is -5.90. The van der Waals surface area contributed by atoms with Crippen molar-refractivity contribution in [1.82, 2.24) is 9.55 Å². The van der Waals surface area contributed by atoms with Gasteiger partial charge in [-0.05, 0) is 86.0 Å². The second-order valence-corrected chi connectivity index (χ2v) is 22.5. The standard InChI is InChI=1S/C62H65N4O.Pt/c1-58(2,3)42-24-27-48(28-25-42)65-41-64(40-56(65)60(7,8)9)49-34-47(62(12,13)44-22-18-15-19-23-44)35-51(38-49)67-50-29-30-52-53-36-45(59(4,5)6)26-31-54(53)66(55(52)39-50)57-37-46(32-33-63-57)61(10,11)43-20-16-14-17-21-43;/h14-37,40-41H,1-13H3;/q-3;. The van der Waals surface area contributed by atoms with Gasteiger partial charge in [0.05, 0.1) is 0 Å². The first kappa shape index (κ1) is 48.6. The van der Waals surface area contributed by atoms with E-state index >= 15 is 0 Å². The van der Waals surface area contributed by atoms with E-state index in [-0.39, 0.29) is 48.1 Å². The first-order chi connectivity index (χ1) is 31.6. The number of nitrogens with zero attached hydrogens (tertiary/aromatic N) is 4. The van der Waals surface area contributed by atoms with Gasteiger partial charge in [-0.1, -0.05) is 180 Å². The summed E-state index contributed by atoms with van der Waals surface area (Å²) in [5.74, 6) is 2.05. The molecule has 0 N–H and O–H groups in total. The summed E-state index contributed by atoms with van der Waals surface area (Å²) in [6.07, 6.45) is 4.18. The second kappa shape index (κ2) is 17.9. The molecule has 1 aliphatic heterocycles. The van der Waals surface area contributed by atoms with Crippen LogP contribution in [0.3, 0.4) is 0 Å². The zero-order valence-electron chi connectivity index (χ0n) is 42.0. The topological polar surface area (TPSA) is 33.5 Å². The molecule has 0 bridgehead atoms. The smallest absolute Gasteiger partial charge is 0.135 e. The fourth-order valence-corrected chi connectivity index (χ4v) is 9.29. The van der Waals surface area contributed by atoms with E-state index in [0.717, 1.165) is 44.6 Å². The molecule has 68 heavy (non-hydrogen) atoms. The van der Waals surface area contributed by atoms with Gasteiger partial charge in [-0.15, -0.1) is 53.6 Å². The van der Waals surface area contributed by atoms with Crippen LogP contribution in [-0.2, 0) is 42.7 Å². The van der Waals surface area contributed by atoms with Gasteiger partial charge in [0.2, 0.25) is 0 Å². The number of hydrogen-bond donors (Lipinski definition) is 0. The van der Waals surface area contributed by atoms with E-state index in [0.29, 0.717) is 11.5 Å². The molecule has 0 atom stereocenters. The largest absolute Gasteiger partial charge is 0.509 e. The van der Waals surface area contributed by atoms with Gasteiger partial charge in [0.15, 0.2) is 0 Å². The van der Waals surface area contributed by atoms with Gasteiger partial charge in [0, 0.05) is 66.5 Å². The van der Waals surface area contributed by atoms with Gasteiger partial charge in [0.1, 0.15) is 5.82 Å². The number of hydrogen-bond acceptors (Lipinski definition) is 4. The van der Waals surface area contributed by atoms with Crippen LogP contribution in [0.2, 0.25) is 0 Å². The van der Waals surface area contributed by atoms with Crippen LogP contribution in [-0.4, -0.2) is 9.55 Å². The van der Waals surface area contributed by atoms with Crippen molar-refractivity contribution < 1.29 is 25.8 Å². The van der Waals surface area contributed by atoms with E-state index in [2.05, 4.69) is 263 Å². The first-order valence-electron chi connectivity index (χ1n) is 23.7. The van der Waals surface area contributed by atoms with Crippen molar-refractivity contribution in [3.8, 4) is 17.3 Å². The van der Waals surface area contributed by atoms with Gasteiger partial charge in [-0.2, -0.15) is 6.07 Å². The molecule has 0 saturated heterocycles. The van der Waals surface area contributed by atoms with Crippen LogP contribution in [0.4, 0.5) is 11.4 Å². The molecule has 352 valence electrons. The quantitative estimate of drug-likeness (QED) is 0.135. The third-order valence-corrected chi connectivity index (χ3v) is 13.8. The van der Waals surface area contributed by atoms with Crippen LogP contribution >= 0.6 is 0 Å². The van der Waals surface area contributed by atoms with Crippen molar-refractivity contribution in [3.05, 3.63) is 210 Å². The van der Waals surface area contributed by atoms with Crippen LogP contribution in [0.1, 0.15) is 123 Å². The molecule has 6 aromatic carbocycles. The number of rotatable bonds is 9. The minimum Gasteiger partial charge on any atom is -0.509 e. The Labute approximate surface area is 420 Å². The maximum Gasteiger partial charge on any atom is 0.135 e. The zero-order valence-corrected chi connectivity index (χ0v) is 44.3. The minimum atomic E-state index is -0.350. The number of allylic oxidation sites excluding steroid dienone is 1. The van der Waals surface area contributed by atoms with Crippen molar-refractivity contribution >= 4 is 33.2 Å². The summed E-state index contributed by atoms with van der Waals surface area (Å²) in [4.78, 5) is 9.55. The number of benzene rings is 6. The number of ether oxygens (including phenoxy) is 1. The third kappa shape index (κ3) is 9.32. The molecular formula is C62H65N4OPt-3. The van der Waals surface area contributed by atoms with Gasteiger partial charge in [-0.3, -0.25) is 0 Å². The number of fused-ring (bicyclic) bond motifs is 3. The Morgan fingerprint density at radius 3 is 1.71 bits per heavy atom. The monoisotopic (exact) mass is 1080 g/mol. The second-order valence-electron chi connectivity index (χ2n) is 22.5. The average molecular weight is 1080 g/mol. The summed E-state index contributed by atoms with van der Waals surface area (Å²) >= 11 is 0. The molecule has 2 aromatic heterocycles. The Balaban J connectivity index is 0.00000625. The molecule has 1 aliphatic rings. The van der Waals surface area contributed by atoms with E-state index in [1.807, 2.05) is 12.3 Å². The molecule has 3 heterocycles. The number of anilines is 2. The Bertz CT molecular complexity index is 3120. The maximum atomic E-state index is 6.99. The SMILES string of the molecule is CC(C)(C)C1=CN(c2[c-]c(Oc3[c-]c4c(cc3)c3cc(C(C)(C)C)ccc3n4-c3cc(C(C)(C)c4ccccc4)ccn3)cc(C(C)(C)c3ccccc3)c2)[CH-]N1c1ccc(C(C)(C)C)cc1.[Pt]. The molecule has 0 unspecified atom stereocenters. The van der Waals surface area contributed by atoms with Gasteiger partial charge in [-0.25, -0.2) is 4.98 Å². The Kier molecular flexibility index (Phi) is 12.8. The predicted molar refractivity (Wildman–Crippen MR) is 281 cm³/mol. The van der Waals surface area contributed by atoms with E-state index in [1.165, 1.54) is 33.5 Å². The van der Waals surface area contributed by atoms with Gasteiger partial charge >= 0.3 is 0 Å². The molecular weight excluding hydrogens is 1010 g/mol. The molecule has 0 spiro atoms. The van der Waals surface area contributed by atoms with E-state index < -0.39 is 0 Å². The first-order valence-corrected chi connectivity index (χ1v) is 23.7. The van der Waals surface area contributed by atoms with E-state index in [4.69, 9.17) is 9.72 Å². The molecule has 0 fully saturated rings. The zero-order chi connectivity index (χ0) is 47.7. The Morgan fingerprint density at radius 2 is 1.10 bits per heavy atom. The maximum absolute atomic E-state index is 6.99. The summed E-state index contributed by atoms with van der Waals surface area (Å²) < 4.78 is 9.24. The molecule has 0 aliphatic carbocycles. The molecule has 6 heteroatoms. The van der Waals surface area contributed by atoms with Crippen molar-refractivity contribution in [3.63, 3.8) is 0 Å². The number of aromatic nitrogens is 2. The van der Waals surface area contributed by atoms with Crippen molar-refractivity contribution in [2.75, 3.05) is 9.80 Å². The van der Waals surface area contributed by atoms with E-state index in [1.54, 1.807) is 0 Å². The third-order valence-electron chi connectivity index (χ3n) is 13.8. The Morgan fingerprint density at radius 1 is 0.500 bits per heavy atom. The van der Waals surface area contributed by atoms with Gasteiger partial charge in [0.25, 0.3) is 0 Å². The molecule has 0 saturated carbocycles. The number of pyridine rings is 1. The van der Waals surface area contributed by atoms with Crippen LogP contribution in [0, 0.1) is 24.2 Å². The minimum absolute atomic E-state index is 0. The normalized spacial score (nSPS) is 13.8. The van der Waals surface area contributed by atoms with Crippen LogP contribution in [0.15, 0.2) is 158 Å². The summed E-state index contributed by atoms with van der Waals surface area (Å²) in [5, 5.41) is 2.25. The molecule has 0 amide bonds. The van der Waals surface area contributed by atoms with Crippen LogP contribution in [0.25, 0.3) is 27.6 Å². The molecule has 5 nitrogen and oxygen atoms in total. The average Bonchev–Trinajstić information content (AvgIpc) is 3.90. The molecule has 9 rings (SSSR count). The predicted octanol–water partition coefficient (Wildman–Crippen LogP) is 16.1.